The predicted octanol–water partition coefficient (Wildman–Crippen LogP) is 1.83. The smallest absolute Gasteiger partial charge is 0.253 e. The first-order valence-electron chi connectivity index (χ1n) is 8.42. The highest BCUT2D eigenvalue weighted by atomic mass is 35.5. The summed E-state index contributed by atoms with van der Waals surface area (Å²) in [4.78, 5) is 31.1. The number of pyridine rings is 1. The molecule has 2 amide bonds. The third-order valence-corrected chi connectivity index (χ3v) is 4.35. The van der Waals surface area contributed by atoms with Crippen LogP contribution in [-0.4, -0.2) is 46.9 Å². The summed E-state index contributed by atoms with van der Waals surface area (Å²) in [5.74, 6) is -0.389. The predicted molar refractivity (Wildman–Crippen MR) is 109 cm³/mol. The average molecular weight is 411 g/mol. The molecule has 0 spiro atoms. The van der Waals surface area contributed by atoms with Crippen LogP contribution in [0.4, 0.5) is 0 Å². The van der Waals surface area contributed by atoms with E-state index < -0.39 is 6.04 Å². The normalized spacial score (nSPS) is 16.6. The first-order valence-corrected chi connectivity index (χ1v) is 8.42. The number of nitrogens with one attached hydrogen (secondary N) is 1. The van der Waals surface area contributed by atoms with Gasteiger partial charge in [-0.3, -0.25) is 14.6 Å². The number of hydrogen-bond acceptors (Lipinski definition) is 4. The molecule has 146 valence electrons. The van der Waals surface area contributed by atoms with Crippen molar-refractivity contribution in [2.24, 2.45) is 5.73 Å². The summed E-state index contributed by atoms with van der Waals surface area (Å²) in [6, 6.07) is 12.4. The third kappa shape index (κ3) is 6.20. The SMILES string of the molecule is Cl.Cl.N[C@@H]1CCN(C(=O)C(Cc2ccccc2)NC(=O)c2cccnc2)C1. The van der Waals surface area contributed by atoms with Gasteiger partial charge < -0.3 is 16.0 Å². The van der Waals surface area contributed by atoms with Crippen molar-refractivity contribution in [3.63, 3.8) is 0 Å². The molecule has 1 aliphatic heterocycles. The first-order chi connectivity index (χ1) is 12.1. The Kier molecular flexibility index (Phi) is 9.21. The van der Waals surface area contributed by atoms with E-state index in [4.69, 9.17) is 5.73 Å². The number of aromatic nitrogens is 1. The maximum Gasteiger partial charge on any atom is 0.253 e. The van der Waals surface area contributed by atoms with Gasteiger partial charge in [0, 0.05) is 37.9 Å². The lowest BCUT2D eigenvalue weighted by molar-refractivity contribution is -0.132. The lowest BCUT2D eigenvalue weighted by atomic mass is 10.0. The number of amides is 2. The van der Waals surface area contributed by atoms with E-state index in [2.05, 4.69) is 10.3 Å². The number of likely N-dealkylation sites (tertiary alicyclic amines) is 1. The Morgan fingerprint density at radius 3 is 2.52 bits per heavy atom. The number of carbonyl (C=O) groups excluding carboxylic acids is 2. The van der Waals surface area contributed by atoms with Crippen molar-refractivity contribution in [1.82, 2.24) is 15.2 Å². The Balaban J connectivity index is 0.00000182. The van der Waals surface area contributed by atoms with Crippen molar-refractivity contribution < 1.29 is 9.59 Å². The van der Waals surface area contributed by atoms with Crippen molar-refractivity contribution in [3.8, 4) is 0 Å². The van der Waals surface area contributed by atoms with Gasteiger partial charge in [-0.1, -0.05) is 30.3 Å². The molecule has 0 aliphatic carbocycles. The number of hydrogen-bond donors (Lipinski definition) is 2. The average Bonchev–Trinajstić information content (AvgIpc) is 3.08. The molecule has 6 nitrogen and oxygen atoms in total. The zero-order chi connectivity index (χ0) is 17.6. The van der Waals surface area contributed by atoms with Crippen LogP contribution in [0.1, 0.15) is 22.3 Å². The van der Waals surface area contributed by atoms with E-state index in [9.17, 15) is 9.59 Å². The molecule has 27 heavy (non-hydrogen) atoms. The van der Waals surface area contributed by atoms with E-state index >= 15 is 0 Å². The fourth-order valence-corrected chi connectivity index (χ4v) is 3.00. The third-order valence-electron chi connectivity index (χ3n) is 4.35. The summed E-state index contributed by atoms with van der Waals surface area (Å²) in [6.07, 6.45) is 4.33. The molecule has 2 atom stereocenters. The molecule has 1 aliphatic rings. The van der Waals surface area contributed by atoms with Gasteiger partial charge in [0.25, 0.3) is 5.91 Å². The number of halogens is 2. The lowest BCUT2D eigenvalue weighted by Crippen LogP contribution is -2.49. The fraction of sp³-hybridized carbons (Fsp3) is 0.316. The Labute approximate surface area is 171 Å². The summed E-state index contributed by atoms with van der Waals surface area (Å²) < 4.78 is 0. The Morgan fingerprint density at radius 2 is 1.93 bits per heavy atom. The van der Waals surface area contributed by atoms with Crippen LogP contribution in [0.15, 0.2) is 54.9 Å². The second-order valence-corrected chi connectivity index (χ2v) is 6.29. The standard InChI is InChI=1S/C19H22N4O2.2ClH/c20-16-8-10-23(13-16)19(25)17(11-14-5-2-1-3-6-14)22-18(24)15-7-4-9-21-12-15;;/h1-7,9,12,16-17H,8,10-11,13,20H2,(H,22,24);2*1H/t16-,17?;;/m1../s1. The number of benzene rings is 1. The molecule has 1 fully saturated rings. The van der Waals surface area contributed by atoms with Crippen molar-refractivity contribution >= 4 is 36.6 Å². The summed E-state index contributed by atoms with van der Waals surface area (Å²) in [6.45, 7) is 1.17. The molecular formula is C19H24Cl2N4O2. The van der Waals surface area contributed by atoms with E-state index in [-0.39, 0.29) is 42.7 Å². The maximum atomic E-state index is 12.9. The maximum absolute atomic E-state index is 12.9. The lowest BCUT2D eigenvalue weighted by Gasteiger charge is -2.24. The van der Waals surface area contributed by atoms with Crippen LogP contribution in [0, 0.1) is 0 Å². The van der Waals surface area contributed by atoms with Crippen LogP contribution in [0.5, 0.6) is 0 Å². The Hall–Kier alpha value is -2.15. The van der Waals surface area contributed by atoms with Gasteiger partial charge in [-0.05, 0) is 24.1 Å². The van der Waals surface area contributed by atoms with Crippen LogP contribution in [0.25, 0.3) is 0 Å². The molecule has 0 bridgehead atoms. The molecule has 0 saturated carbocycles. The van der Waals surface area contributed by atoms with Gasteiger partial charge in [0.15, 0.2) is 0 Å². The minimum absolute atomic E-state index is 0. The van der Waals surface area contributed by atoms with Gasteiger partial charge in [-0.2, -0.15) is 0 Å². The molecule has 1 aromatic heterocycles. The van der Waals surface area contributed by atoms with E-state index in [0.717, 1.165) is 12.0 Å². The largest absolute Gasteiger partial charge is 0.340 e. The monoisotopic (exact) mass is 410 g/mol. The molecule has 3 N–H and O–H groups in total. The summed E-state index contributed by atoms with van der Waals surface area (Å²) in [7, 11) is 0. The van der Waals surface area contributed by atoms with Crippen molar-refractivity contribution in [1.29, 1.82) is 0 Å². The molecular weight excluding hydrogens is 387 g/mol. The van der Waals surface area contributed by atoms with Crippen LogP contribution in [0.3, 0.4) is 0 Å². The molecule has 1 aromatic carbocycles. The van der Waals surface area contributed by atoms with Crippen LogP contribution in [0.2, 0.25) is 0 Å². The second kappa shape index (κ2) is 10.9. The highest BCUT2D eigenvalue weighted by Gasteiger charge is 2.30. The quantitative estimate of drug-likeness (QED) is 0.786. The van der Waals surface area contributed by atoms with E-state index in [1.165, 1.54) is 6.20 Å². The Bertz CT molecular complexity index is 731. The number of rotatable bonds is 5. The van der Waals surface area contributed by atoms with Gasteiger partial charge in [-0.15, -0.1) is 24.8 Å². The van der Waals surface area contributed by atoms with Gasteiger partial charge in [0.05, 0.1) is 5.56 Å². The van der Waals surface area contributed by atoms with Crippen molar-refractivity contribution in [2.75, 3.05) is 13.1 Å². The number of nitrogens with two attached hydrogens (primary N) is 1. The van der Waals surface area contributed by atoms with Gasteiger partial charge in [0.1, 0.15) is 6.04 Å². The number of nitrogens with zero attached hydrogens (tertiary/aromatic N) is 2. The fourth-order valence-electron chi connectivity index (χ4n) is 3.00. The zero-order valence-corrected chi connectivity index (χ0v) is 16.4. The van der Waals surface area contributed by atoms with Crippen LogP contribution in [-0.2, 0) is 11.2 Å². The highest BCUT2D eigenvalue weighted by molar-refractivity contribution is 5.97. The van der Waals surface area contributed by atoms with Crippen molar-refractivity contribution in [3.05, 3.63) is 66.0 Å². The molecule has 2 aromatic rings. The number of carbonyl (C=O) groups is 2. The minimum atomic E-state index is -0.625. The summed E-state index contributed by atoms with van der Waals surface area (Å²) >= 11 is 0. The Morgan fingerprint density at radius 1 is 1.19 bits per heavy atom. The zero-order valence-electron chi connectivity index (χ0n) is 14.8. The van der Waals surface area contributed by atoms with Gasteiger partial charge in [0.2, 0.25) is 5.91 Å². The molecule has 1 unspecified atom stereocenters. The summed E-state index contributed by atoms with van der Waals surface area (Å²) in [5.41, 5.74) is 7.35. The second-order valence-electron chi connectivity index (χ2n) is 6.29. The van der Waals surface area contributed by atoms with E-state index in [1.54, 1.807) is 23.2 Å². The van der Waals surface area contributed by atoms with E-state index in [0.29, 0.717) is 25.1 Å². The first kappa shape index (κ1) is 22.9. The van der Waals surface area contributed by atoms with Gasteiger partial charge >= 0.3 is 0 Å². The summed E-state index contributed by atoms with van der Waals surface area (Å²) in [5, 5.41) is 2.86. The van der Waals surface area contributed by atoms with Crippen LogP contribution >= 0.6 is 24.8 Å². The van der Waals surface area contributed by atoms with E-state index in [1.807, 2.05) is 30.3 Å². The molecule has 8 heteroatoms. The van der Waals surface area contributed by atoms with Crippen LogP contribution < -0.4 is 11.1 Å². The molecule has 1 saturated heterocycles. The molecule has 3 rings (SSSR count). The van der Waals surface area contributed by atoms with Gasteiger partial charge in [-0.25, -0.2) is 0 Å². The minimum Gasteiger partial charge on any atom is -0.340 e. The highest BCUT2D eigenvalue weighted by Crippen LogP contribution is 2.12. The topological polar surface area (TPSA) is 88.3 Å². The molecule has 0 radical (unpaired) electrons. The van der Waals surface area contributed by atoms with Crippen molar-refractivity contribution in [2.45, 2.75) is 24.9 Å². The molecule has 2 heterocycles.